The molecule has 5 nitrogen and oxygen atoms in total. The second-order valence-corrected chi connectivity index (χ2v) is 6.54. The fourth-order valence-corrected chi connectivity index (χ4v) is 2.35. The van der Waals surface area contributed by atoms with E-state index in [0.717, 1.165) is 4.70 Å². The second-order valence-electron chi connectivity index (χ2n) is 5.65. The highest BCUT2D eigenvalue weighted by Crippen LogP contribution is 2.36. The smallest absolute Gasteiger partial charge is 0.319 e. The summed E-state index contributed by atoms with van der Waals surface area (Å²) in [4.78, 5) is 15.0. The Bertz CT molecular complexity index is 616. The molecule has 0 radical (unpaired) electrons. The third-order valence-corrected chi connectivity index (χ3v) is 4.12. The van der Waals surface area contributed by atoms with E-state index in [4.69, 9.17) is 0 Å². The van der Waals surface area contributed by atoms with Gasteiger partial charge in [0.15, 0.2) is 5.52 Å². The number of anilines is 1. The first-order chi connectivity index (χ1) is 8.80. The van der Waals surface area contributed by atoms with E-state index in [1.807, 2.05) is 13.0 Å². The van der Waals surface area contributed by atoms with Crippen molar-refractivity contribution in [1.29, 1.82) is 0 Å². The molecule has 0 aliphatic carbocycles. The minimum atomic E-state index is -0.361. The van der Waals surface area contributed by atoms with E-state index in [0.29, 0.717) is 11.2 Å². The van der Waals surface area contributed by atoms with Crippen molar-refractivity contribution in [1.82, 2.24) is 4.98 Å². The molecule has 1 aromatic carbocycles. The van der Waals surface area contributed by atoms with Crippen LogP contribution in [0, 0.1) is 15.5 Å². The van der Waals surface area contributed by atoms with Crippen LogP contribution in [0.5, 0.6) is 0 Å². The Kier molecular flexibility index (Phi) is 3.45. The molecule has 1 atom stereocenters. The molecule has 0 fully saturated rings. The molecule has 0 bridgehead atoms. The minimum Gasteiger partial charge on any atom is -0.376 e. The van der Waals surface area contributed by atoms with Crippen LogP contribution >= 0.6 is 11.3 Å². The maximum absolute atomic E-state index is 11.3. The van der Waals surface area contributed by atoms with Gasteiger partial charge in [0.2, 0.25) is 0 Å². The van der Waals surface area contributed by atoms with Gasteiger partial charge in [0, 0.05) is 6.04 Å². The van der Waals surface area contributed by atoms with Crippen molar-refractivity contribution < 1.29 is 4.92 Å². The van der Waals surface area contributed by atoms with Gasteiger partial charge >= 0.3 is 5.69 Å². The van der Waals surface area contributed by atoms with Crippen molar-refractivity contribution in [2.45, 2.75) is 33.7 Å². The van der Waals surface area contributed by atoms with Crippen LogP contribution in [-0.2, 0) is 0 Å². The maximum Gasteiger partial charge on any atom is 0.319 e. The van der Waals surface area contributed by atoms with E-state index in [-0.39, 0.29) is 22.1 Å². The predicted octanol–water partition coefficient (Wildman–Crippen LogP) is 4.05. The third-order valence-electron chi connectivity index (χ3n) is 3.33. The molecule has 2 rings (SSSR count). The topological polar surface area (TPSA) is 68.1 Å². The van der Waals surface area contributed by atoms with E-state index in [1.54, 1.807) is 11.6 Å². The fraction of sp³-hybridized carbons (Fsp3) is 0.462. The lowest BCUT2D eigenvalue weighted by Gasteiger charge is -2.28. The average Bonchev–Trinajstić information content (AvgIpc) is 2.74. The van der Waals surface area contributed by atoms with Crippen molar-refractivity contribution in [2.24, 2.45) is 5.41 Å². The van der Waals surface area contributed by atoms with Gasteiger partial charge in [-0.15, -0.1) is 11.3 Å². The molecular weight excluding hydrogens is 262 g/mol. The molecule has 2 aromatic rings. The molecule has 0 saturated carbocycles. The molecule has 0 spiro atoms. The number of nitro benzene ring substituents is 1. The lowest BCUT2D eigenvalue weighted by Crippen LogP contribution is -2.31. The summed E-state index contributed by atoms with van der Waals surface area (Å²) in [6.07, 6.45) is 0. The summed E-state index contributed by atoms with van der Waals surface area (Å²) in [5, 5.41) is 14.5. The zero-order chi connectivity index (χ0) is 14.2. The molecule has 0 amide bonds. The number of aromatic nitrogens is 1. The first-order valence-electron chi connectivity index (χ1n) is 6.08. The maximum atomic E-state index is 11.3. The molecule has 19 heavy (non-hydrogen) atoms. The number of nitrogens with one attached hydrogen (secondary N) is 1. The van der Waals surface area contributed by atoms with Crippen molar-refractivity contribution in [3.05, 3.63) is 27.8 Å². The Morgan fingerprint density at radius 3 is 2.68 bits per heavy atom. The molecule has 0 saturated heterocycles. The van der Waals surface area contributed by atoms with Crippen LogP contribution in [-0.4, -0.2) is 15.9 Å². The molecule has 0 aliphatic rings. The molecule has 1 N–H and O–H groups in total. The summed E-state index contributed by atoms with van der Waals surface area (Å²) in [5.41, 5.74) is 2.71. The Hall–Kier alpha value is -1.69. The Morgan fingerprint density at radius 2 is 2.11 bits per heavy atom. The lowest BCUT2D eigenvalue weighted by molar-refractivity contribution is -0.382. The highest BCUT2D eigenvalue weighted by molar-refractivity contribution is 7.16. The number of nitrogens with zero attached hydrogens (tertiary/aromatic N) is 2. The first-order valence-corrected chi connectivity index (χ1v) is 6.96. The van der Waals surface area contributed by atoms with Crippen molar-refractivity contribution >= 4 is 32.9 Å². The fourth-order valence-electron chi connectivity index (χ4n) is 1.67. The van der Waals surface area contributed by atoms with E-state index in [1.165, 1.54) is 11.3 Å². The number of thiazole rings is 1. The average molecular weight is 279 g/mol. The summed E-state index contributed by atoms with van der Waals surface area (Å²) in [6.45, 7) is 8.31. The van der Waals surface area contributed by atoms with Crippen LogP contribution in [0.2, 0.25) is 0 Å². The quantitative estimate of drug-likeness (QED) is 0.679. The van der Waals surface area contributed by atoms with Gasteiger partial charge in [-0.2, -0.15) is 0 Å². The van der Waals surface area contributed by atoms with Gasteiger partial charge in [-0.1, -0.05) is 20.8 Å². The molecular formula is C13H17N3O2S. The number of nitro groups is 1. The second kappa shape index (κ2) is 4.77. The number of rotatable bonds is 3. The number of hydrogen-bond acceptors (Lipinski definition) is 5. The molecule has 6 heteroatoms. The van der Waals surface area contributed by atoms with Gasteiger partial charge in [-0.3, -0.25) is 10.1 Å². The summed E-state index contributed by atoms with van der Waals surface area (Å²) in [5.74, 6) is 0. The van der Waals surface area contributed by atoms with Gasteiger partial charge in [0.05, 0.1) is 15.1 Å². The van der Waals surface area contributed by atoms with Crippen LogP contribution < -0.4 is 5.32 Å². The lowest BCUT2D eigenvalue weighted by atomic mass is 9.88. The SMILES string of the molecule is CC(Nc1ccc2scnc2c1[N+](=O)[O-])C(C)(C)C. The first kappa shape index (κ1) is 13.7. The highest BCUT2D eigenvalue weighted by atomic mass is 32.1. The molecule has 1 unspecified atom stereocenters. The summed E-state index contributed by atoms with van der Waals surface area (Å²) >= 11 is 1.41. The van der Waals surface area contributed by atoms with E-state index < -0.39 is 0 Å². The van der Waals surface area contributed by atoms with E-state index in [2.05, 4.69) is 31.1 Å². The predicted molar refractivity (Wildman–Crippen MR) is 78.8 cm³/mol. The van der Waals surface area contributed by atoms with Crippen molar-refractivity contribution in [3.8, 4) is 0 Å². The van der Waals surface area contributed by atoms with Crippen LogP contribution in [0.15, 0.2) is 17.6 Å². The van der Waals surface area contributed by atoms with Crippen LogP contribution in [0.1, 0.15) is 27.7 Å². The number of fused-ring (bicyclic) bond motifs is 1. The zero-order valence-electron chi connectivity index (χ0n) is 11.4. The minimum absolute atomic E-state index is 0.0188. The molecule has 0 aliphatic heterocycles. The Balaban J connectivity index is 2.48. The monoisotopic (exact) mass is 279 g/mol. The number of benzene rings is 1. The van der Waals surface area contributed by atoms with Crippen LogP contribution in [0.25, 0.3) is 10.2 Å². The molecule has 102 valence electrons. The summed E-state index contributed by atoms with van der Waals surface area (Å²) < 4.78 is 0.834. The zero-order valence-corrected chi connectivity index (χ0v) is 12.2. The van der Waals surface area contributed by atoms with E-state index >= 15 is 0 Å². The summed E-state index contributed by atoms with van der Waals surface area (Å²) in [7, 11) is 0. The number of hydrogen-bond donors (Lipinski definition) is 1. The van der Waals surface area contributed by atoms with Gasteiger partial charge in [0.25, 0.3) is 0 Å². The van der Waals surface area contributed by atoms with Crippen molar-refractivity contribution in [3.63, 3.8) is 0 Å². The Morgan fingerprint density at radius 1 is 1.42 bits per heavy atom. The van der Waals surface area contributed by atoms with Gasteiger partial charge in [-0.25, -0.2) is 4.98 Å². The van der Waals surface area contributed by atoms with Crippen LogP contribution in [0.3, 0.4) is 0 Å². The van der Waals surface area contributed by atoms with Crippen molar-refractivity contribution in [2.75, 3.05) is 5.32 Å². The van der Waals surface area contributed by atoms with Gasteiger partial charge in [0.1, 0.15) is 5.69 Å². The third kappa shape index (κ3) is 2.68. The van der Waals surface area contributed by atoms with Crippen LogP contribution in [0.4, 0.5) is 11.4 Å². The summed E-state index contributed by atoms with van der Waals surface area (Å²) in [6, 6.07) is 3.75. The molecule has 1 heterocycles. The largest absolute Gasteiger partial charge is 0.376 e. The standard InChI is InChI=1S/C13H17N3O2S/c1-8(13(2,3)4)15-9-5-6-10-11(14-7-19-10)12(9)16(17)18/h5-8,15H,1-4H3. The highest BCUT2D eigenvalue weighted by Gasteiger charge is 2.25. The van der Waals surface area contributed by atoms with Gasteiger partial charge < -0.3 is 5.32 Å². The van der Waals surface area contributed by atoms with E-state index in [9.17, 15) is 10.1 Å². The normalized spacial score (nSPS) is 13.5. The molecule has 1 aromatic heterocycles. The Labute approximate surface area is 115 Å². The van der Waals surface area contributed by atoms with Gasteiger partial charge in [-0.05, 0) is 24.5 Å².